The largest absolute Gasteiger partial charge is 0.456 e. The minimum absolute atomic E-state index is 0.904. The molecule has 0 atom stereocenters. The topological polar surface area (TPSA) is 22.4 Å². The lowest BCUT2D eigenvalue weighted by atomic mass is 9.92. The average Bonchev–Trinajstić information content (AvgIpc) is 3.43. The molecular formula is C40H24O2. The van der Waals surface area contributed by atoms with E-state index >= 15 is 0 Å². The Balaban J connectivity index is 1.01. The number of furan rings is 1. The number of benzene rings is 7. The fourth-order valence-electron chi connectivity index (χ4n) is 6.36. The molecule has 8 aromatic rings. The van der Waals surface area contributed by atoms with Crippen LogP contribution in [0.1, 0.15) is 0 Å². The van der Waals surface area contributed by atoms with Crippen LogP contribution in [0.3, 0.4) is 0 Å². The Hall–Kier alpha value is -5.60. The van der Waals surface area contributed by atoms with Crippen molar-refractivity contribution in [3.63, 3.8) is 0 Å². The van der Waals surface area contributed by atoms with Gasteiger partial charge in [-0.1, -0.05) is 109 Å². The maximum absolute atomic E-state index is 6.29. The van der Waals surface area contributed by atoms with E-state index in [0.29, 0.717) is 0 Å². The normalized spacial score (nSPS) is 12.0. The molecule has 9 rings (SSSR count). The van der Waals surface area contributed by atoms with Gasteiger partial charge in [-0.05, 0) is 80.7 Å². The Labute approximate surface area is 243 Å². The molecule has 0 saturated heterocycles. The first-order chi connectivity index (χ1) is 20.8. The van der Waals surface area contributed by atoms with E-state index in [1.807, 2.05) is 18.2 Å². The Bertz CT molecular complexity index is 2300. The molecule has 2 heteroatoms. The highest BCUT2D eigenvalue weighted by atomic mass is 16.5. The summed E-state index contributed by atoms with van der Waals surface area (Å²) < 4.78 is 12.4. The smallest absolute Gasteiger partial charge is 0.136 e. The summed E-state index contributed by atoms with van der Waals surface area (Å²) in [7, 11) is 0. The molecule has 0 aliphatic carbocycles. The van der Waals surface area contributed by atoms with E-state index in [1.165, 1.54) is 44.2 Å². The van der Waals surface area contributed by atoms with Gasteiger partial charge in [0, 0.05) is 21.7 Å². The molecule has 0 amide bonds. The SMILES string of the molecule is c1cc2c3c(cccc3c1)-c1cc(-c3ccc(-c4ccc(-c5ccc6c(c5)oc5ccccc56)cc4)cc3)ccc1O2. The van der Waals surface area contributed by atoms with E-state index in [4.69, 9.17) is 9.15 Å². The summed E-state index contributed by atoms with van der Waals surface area (Å²) in [5.74, 6) is 1.83. The maximum atomic E-state index is 6.29. The fourth-order valence-corrected chi connectivity index (χ4v) is 6.36. The first-order valence-corrected chi connectivity index (χ1v) is 14.3. The van der Waals surface area contributed by atoms with Crippen LogP contribution in [0, 0.1) is 0 Å². The third-order valence-corrected chi connectivity index (χ3v) is 8.50. The van der Waals surface area contributed by atoms with Crippen LogP contribution in [0.2, 0.25) is 0 Å². The number of rotatable bonds is 3. The molecule has 1 aliphatic rings. The molecular weight excluding hydrogens is 512 g/mol. The summed E-state index contributed by atoms with van der Waals surface area (Å²) in [6.07, 6.45) is 0. The third kappa shape index (κ3) is 3.59. The van der Waals surface area contributed by atoms with Gasteiger partial charge in [-0.15, -0.1) is 0 Å². The molecule has 42 heavy (non-hydrogen) atoms. The predicted molar refractivity (Wildman–Crippen MR) is 173 cm³/mol. The Kier molecular flexibility index (Phi) is 4.93. The predicted octanol–water partition coefficient (Wildman–Crippen LogP) is 11.5. The van der Waals surface area contributed by atoms with Crippen LogP contribution in [0.4, 0.5) is 0 Å². The van der Waals surface area contributed by atoms with Gasteiger partial charge in [0.15, 0.2) is 0 Å². The van der Waals surface area contributed by atoms with Gasteiger partial charge in [-0.3, -0.25) is 0 Å². The molecule has 0 spiro atoms. The van der Waals surface area contributed by atoms with Crippen LogP contribution in [0.25, 0.3) is 77.2 Å². The second-order valence-corrected chi connectivity index (χ2v) is 10.9. The summed E-state index contributed by atoms with van der Waals surface area (Å²) >= 11 is 0. The van der Waals surface area contributed by atoms with Crippen molar-refractivity contribution in [2.45, 2.75) is 0 Å². The summed E-state index contributed by atoms with van der Waals surface area (Å²) in [4.78, 5) is 0. The molecule has 0 radical (unpaired) electrons. The molecule has 0 saturated carbocycles. The van der Waals surface area contributed by atoms with Crippen LogP contribution >= 0.6 is 0 Å². The third-order valence-electron chi connectivity index (χ3n) is 8.50. The van der Waals surface area contributed by atoms with Gasteiger partial charge in [0.05, 0.1) is 0 Å². The number of para-hydroxylation sites is 1. The van der Waals surface area contributed by atoms with E-state index in [1.54, 1.807) is 0 Å². The summed E-state index contributed by atoms with van der Waals surface area (Å²) in [6.45, 7) is 0. The zero-order chi connectivity index (χ0) is 27.6. The van der Waals surface area contributed by atoms with E-state index in [-0.39, 0.29) is 0 Å². The quantitative estimate of drug-likeness (QED) is 0.224. The second-order valence-electron chi connectivity index (χ2n) is 10.9. The number of hydrogen-bond acceptors (Lipinski definition) is 2. The minimum Gasteiger partial charge on any atom is -0.456 e. The molecule has 2 heterocycles. The van der Waals surface area contributed by atoms with Crippen LogP contribution in [0.5, 0.6) is 11.5 Å². The average molecular weight is 537 g/mol. The molecule has 7 aromatic carbocycles. The number of ether oxygens (including phenoxy) is 1. The standard InChI is InChI=1S/C40H24O2/c1-2-9-36-32(7-1)33-21-19-31(24-39(33)42-36)28-17-13-26(14-18-28)25-11-15-27(16-12-25)30-20-22-37-35(23-30)34-8-3-5-29-6-4-10-38(41-37)40(29)34/h1-24H. The van der Waals surface area contributed by atoms with Gasteiger partial charge in [0.25, 0.3) is 0 Å². The molecule has 0 fully saturated rings. The lowest BCUT2D eigenvalue weighted by molar-refractivity contribution is 0.487. The van der Waals surface area contributed by atoms with E-state index in [9.17, 15) is 0 Å². The van der Waals surface area contributed by atoms with Crippen LogP contribution < -0.4 is 4.74 Å². The zero-order valence-corrected chi connectivity index (χ0v) is 22.7. The minimum atomic E-state index is 0.904. The van der Waals surface area contributed by atoms with E-state index in [0.717, 1.165) is 44.6 Å². The highest BCUT2D eigenvalue weighted by Crippen LogP contribution is 2.47. The first-order valence-electron chi connectivity index (χ1n) is 14.3. The summed E-state index contributed by atoms with van der Waals surface area (Å²) in [6, 6.07) is 51.5. The van der Waals surface area contributed by atoms with Gasteiger partial charge in [0.1, 0.15) is 22.7 Å². The summed E-state index contributed by atoms with van der Waals surface area (Å²) in [5, 5.41) is 4.69. The Morgan fingerprint density at radius 3 is 1.71 bits per heavy atom. The lowest BCUT2D eigenvalue weighted by Gasteiger charge is -2.22. The number of fused-ring (bicyclic) bond motifs is 5. The van der Waals surface area contributed by atoms with Gasteiger partial charge < -0.3 is 9.15 Å². The van der Waals surface area contributed by atoms with Crippen molar-refractivity contribution in [2.24, 2.45) is 0 Å². The van der Waals surface area contributed by atoms with E-state index < -0.39 is 0 Å². The van der Waals surface area contributed by atoms with Crippen molar-refractivity contribution in [3.05, 3.63) is 146 Å². The van der Waals surface area contributed by atoms with Crippen LogP contribution in [-0.4, -0.2) is 0 Å². The van der Waals surface area contributed by atoms with Crippen molar-refractivity contribution in [1.29, 1.82) is 0 Å². The Morgan fingerprint density at radius 2 is 0.952 bits per heavy atom. The first kappa shape index (κ1) is 23.1. The summed E-state index contributed by atoms with van der Waals surface area (Å²) in [5.41, 5.74) is 11.3. The van der Waals surface area contributed by atoms with Gasteiger partial charge in [-0.2, -0.15) is 0 Å². The monoisotopic (exact) mass is 536 g/mol. The maximum Gasteiger partial charge on any atom is 0.136 e. The highest BCUT2D eigenvalue weighted by molar-refractivity contribution is 6.06. The van der Waals surface area contributed by atoms with Gasteiger partial charge in [0.2, 0.25) is 0 Å². The Morgan fingerprint density at radius 1 is 0.357 bits per heavy atom. The van der Waals surface area contributed by atoms with Gasteiger partial charge >= 0.3 is 0 Å². The fraction of sp³-hybridized carbons (Fsp3) is 0. The van der Waals surface area contributed by atoms with Crippen LogP contribution in [-0.2, 0) is 0 Å². The molecule has 0 bridgehead atoms. The van der Waals surface area contributed by atoms with E-state index in [2.05, 4.69) is 127 Å². The van der Waals surface area contributed by atoms with Gasteiger partial charge in [-0.25, -0.2) is 0 Å². The molecule has 2 nitrogen and oxygen atoms in total. The number of hydrogen-bond donors (Lipinski definition) is 0. The van der Waals surface area contributed by atoms with Crippen molar-refractivity contribution >= 4 is 32.7 Å². The van der Waals surface area contributed by atoms with Crippen LogP contribution in [0.15, 0.2) is 150 Å². The highest BCUT2D eigenvalue weighted by Gasteiger charge is 2.20. The van der Waals surface area contributed by atoms with Crippen molar-refractivity contribution in [2.75, 3.05) is 0 Å². The zero-order valence-electron chi connectivity index (χ0n) is 22.7. The van der Waals surface area contributed by atoms with Crippen molar-refractivity contribution < 1.29 is 9.15 Å². The molecule has 1 aromatic heterocycles. The second kappa shape index (κ2) is 8.95. The molecule has 0 N–H and O–H groups in total. The molecule has 1 aliphatic heterocycles. The van der Waals surface area contributed by atoms with Crippen molar-refractivity contribution in [1.82, 2.24) is 0 Å². The lowest BCUT2D eigenvalue weighted by Crippen LogP contribution is -1.97. The molecule has 0 unspecified atom stereocenters. The molecule has 196 valence electrons. The van der Waals surface area contributed by atoms with Crippen molar-refractivity contribution in [3.8, 4) is 56.0 Å².